The Kier molecular flexibility index (Phi) is 9.99. The first-order chi connectivity index (χ1) is 9.01. The summed E-state index contributed by atoms with van der Waals surface area (Å²) in [4.78, 5) is 0. The molecule has 19 heavy (non-hydrogen) atoms. The van der Waals surface area contributed by atoms with Gasteiger partial charge < -0.3 is 0 Å². The SMILES string of the molecule is C#CCC.CC1CCCC1.Cc1ccc(C)c(C)c1. The molecule has 0 nitrogen and oxygen atoms in total. The summed E-state index contributed by atoms with van der Waals surface area (Å²) in [6.07, 6.45) is 11.6. The number of benzene rings is 1. The van der Waals surface area contributed by atoms with Gasteiger partial charge in [0.25, 0.3) is 0 Å². The highest BCUT2D eigenvalue weighted by Crippen LogP contribution is 2.22. The van der Waals surface area contributed by atoms with Gasteiger partial charge in [0.1, 0.15) is 0 Å². The second-order valence-corrected chi connectivity index (χ2v) is 5.54. The zero-order valence-corrected chi connectivity index (χ0v) is 13.4. The van der Waals surface area contributed by atoms with Crippen LogP contribution >= 0.6 is 0 Å². The molecule has 0 aromatic heterocycles. The minimum Gasteiger partial charge on any atom is -0.120 e. The van der Waals surface area contributed by atoms with Crippen molar-refractivity contribution in [3.8, 4) is 12.3 Å². The molecular weight excluding hydrogens is 228 g/mol. The lowest BCUT2D eigenvalue weighted by atomic mass is 10.1. The van der Waals surface area contributed by atoms with E-state index in [-0.39, 0.29) is 0 Å². The van der Waals surface area contributed by atoms with Gasteiger partial charge in [-0.3, -0.25) is 0 Å². The van der Waals surface area contributed by atoms with Crippen LogP contribution in [0.1, 0.15) is 62.6 Å². The van der Waals surface area contributed by atoms with E-state index in [1.807, 2.05) is 6.92 Å². The highest BCUT2D eigenvalue weighted by Gasteiger charge is 2.07. The zero-order valence-electron chi connectivity index (χ0n) is 13.4. The molecule has 0 bridgehead atoms. The molecule has 0 aliphatic heterocycles. The molecule has 0 N–H and O–H groups in total. The van der Waals surface area contributed by atoms with E-state index in [2.05, 4.69) is 51.8 Å². The summed E-state index contributed by atoms with van der Waals surface area (Å²) in [6, 6.07) is 6.50. The molecule has 0 atom stereocenters. The standard InChI is InChI=1S/C9H12.C6H12.C4H6/c1-7-4-5-8(2)9(3)6-7;1-6-4-2-3-5-6;1-3-4-2/h4-6H,1-3H3;6H,2-5H2,1H3;1H,4H2,2H3. The molecule has 1 aromatic carbocycles. The third-order valence-electron chi connectivity index (χ3n) is 3.51. The quantitative estimate of drug-likeness (QED) is 0.513. The summed E-state index contributed by atoms with van der Waals surface area (Å²) in [7, 11) is 0. The minimum absolute atomic E-state index is 0.847. The number of hydrogen-bond donors (Lipinski definition) is 0. The normalized spacial score (nSPS) is 13.7. The molecular formula is C19H30. The Morgan fingerprint density at radius 2 is 1.63 bits per heavy atom. The van der Waals surface area contributed by atoms with Crippen molar-refractivity contribution in [2.75, 3.05) is 0 Å². The van der Waals surface area contributed by atoms with Gasteiger partial charge in [-0.2, -0.15) is 0 Å². The van der Waals surface area contributed by atoms with Gasteiger partial charge in [0.05, 0.1) is 0 Å². The molecule has 0 spiro atoms. The molecule has 0 unspecified atom stereocenters. The maximum absolute atomic E-state index is 4.78. The van der Waals surface area contributed by atoms with Crippen LogP contribution < -0.4 is 0 Å². The van der Waals surface area contributed by atoms with Gasteiger partial charge in [-0.25, -0.2) is 0 Å². The van der Waals surface area contributed by atoms with E-state index < -0.39 is 0 Å². The van der Waals surface area contributed by atoms with Crippen molar-refractivity contribution in [2.45, 2.75) is 66.7 Å². The zero-order chi connectivity index (χ0) is 14.7. The summed E-state index contributed by atoms with van der Waals surface area (Å²) in [5, 5.41) is 0. The van der Waals surface area contributed by atoms with Gasteiger partial charge in [0.15, 0.2) is 0 Å². The molecule has 1 fully saturated rings. The second kappa shape index (κ2) is 10.7. The summed E-state index contributed by atoms with van der Waals surface area (Å²) in [6.45, 7) is 10.7. The first kappa shape index (κ1) is 17.8. The number of terminal acetylenes is 1. The molecule has 1 aliphatic rings. The van der Waals surface area contributed by atoms with Crippen LogP contribution in [0.3, 0.4) is 0 Å². The van der Waals surface area contributed by atoms with Gasteiger partial charge in [-0.15, -0.1) is 12.3 Å². The predicted molar refractivity (Wildman–Crippen MR) is 87.4 cm³/mol. The Morgan fingerprint density at radius 3 is 1.89 bits per heavy atom. The van der Waals surface area contributed by atoms with Crippen LogP contribution in [0.4, 0.5) is 0 Å². The molecule has 0 radical (unpaired) electrons. The third-order valence-corrected chi connectivity index (χ3v) is 3.51. The molecule has 106 valence electrons. The summed E-state index contributed by atoms with van der Waals surface area (Å²) in [5.74, 6) is 3.48. The molecule has 0 saturated heterocycles. The van der Waals surface area contributed by atoms with Gasteiger partial charge >= 0.3 is 0 Å². The topological polar surface area (TPSA) is 0 Å². The first-order valence-corrected chi connectivity index (χ1v) is 7.48. The van der Waals surface area contributed by atoms with Crippen molar-refractivity contribution >= 4 is 0 Å². The highest BCUT2D eigenvalue weighted by atomic mass is 14.1. The van der Waals surface area contributed by atoms with Crippen LogP contribution in [0.15, 0.2) is 18.2 Å². The molecule has 1 saturated carbocycles. The van der Waals surface area contributed by atoms with Gasteiger partial charge in [0.2, 0.25) is 0 Å². The van der Waals surface area contributed by atoms with Crippen LogP contribution in [0.25, 0.3) is 0 Å². The van der Waals surface area contributed by atoms with Gasteiger partial charge in [-0.05, 0) is 37.8 Å². The lowest BCUT2D eigenvalue weighted by Crippen LogP contribution is -1.79. The van der Waals surface area contributed by atoms with Crippen molar-refractivity contribution in [1.82, 2.24) is 0 Å². The van der Waals surface area contributed by atoms with Crippen molar-refractivity contribution in [3.63, 3.8) is 0 Å². The summed E-state index contributed by atoms with van der Waals surface area (Å²) < 4.78 is 0. The van der Waals surface area contributed by atoms with E-state index in [1.165, 1.54) is 42.4 Å². The highest BCUT2D eigenvalue weighted by molar-refractivity contribution is 5.28. The fourth-order valence-corrected chi connectivity index (χ4v) is 2.02. The summed E-state index contributed by atoms with van der Waals surface area (Å²) in [5.41, 5.74) is 4.11. The van der Waals surface area contributed by atoms with Crippen LogP contribution in [0.5, 0.6) is 0 Å². The monoisotopic (exact) mass is 258 g/mol. The predicted octanol–water partition coefficient (Wildman–Crippen LogP) is 5.84. The van der Waals surface area contributed by atoms with Crippen LogP contribution in [-0.2, 0) is 0 Å². The number of aryl methyl sites for hydroxylation is 3. The van der Waals surface area contributed by atoms with Crippen molar-refractivity contribution in [3.05, 3.63) is 34.9 Å². The maximum Gasteiger partial charge on any atom is 0.00576 e. The van der Waals surface area contributed by atoms with Crippen molar-refractivity contribution in [2.24, 2.45) is 5.92 Å². The maximum atomic E-state index is 4.78. The van der Waals surface area contributed by atoms with E-state index in [1.54, 1.807) is 0 Å². The summed E-state index contributed by atoms with van der Waals surface area (Å²) >= 11 is 0. The molecule has 0 heterocycles. The average Bonchev–Trinajstić information content (AvgIpc) is 2.86. The largest absolute Gasteiger partial charge is 0.120 e. The fourth-order valence-electron chi connectivity index (χ4n) is 2.02. The molecule has 1 aliphatic carbocycles. The fraction of sp³-hybridized carbons (Fsp3) is 0.579. The Morgan fingerprint density at radius 1 is 1.11 bits per heavy atom. The van der Waals surface area contributed by atoms with Crippen molar-refractivity contribution < 1.29 is 0 Å². The molecule has 0 amide bonds. The van der Waals surface area contributed by atoms with Gasteiger partial charge in [0, 0.05) is 6.42 Å². The lowest BCUT2D eigenvalue weighted by Gasteiger charge is -1.98. The van der Waals surface area contributed by atoms with E-state index >= 15 is 0 Å². The van der Waals surface area contributed by atoms with Crippen LogP contribution in [0.2, 0.25) is 0 Å². The molecule has 0 heteroatoms. The van der Waals surface area contributed by atoms with Gasteiger partial charge in [-0.1, -0.05) is 63.3 Å². The van der Waals surface area contributed by atoms with E-state index in [4.69, 9.17) is 6.42 Å². The average molecular weight is 258 g/mol. The Balaban J connectivity index is 0.000000281. The number of hydrogen-bond acceptors (Lipinski definition) is 0. The van der Waals surface area contributed by atoms with Crippen molar-refractivity contribution in [1.29, 1.82) is 0 Å². The molecule has 1 aromatic rings. The Hall–Kier alpha value is -1.22. The second-order valence-electron chi connectivity index (χ2n) is 5.54. The third kappa shape index (κ3) is 9.37. The van der Waals surface area contributed by atoms with Crippen LogP contribution in [0, 0.1) is 39.0 Å². The van der Waals surface area contributed by atoms with E-state index in [9.17, 15) is 0 Å². The molecule has 2 rings (SSSR count). The Labute approximate surface area is 120 Å². The van der Waals surface area contributed by atoms with Crippen LogP contribution in [-0.4, -0.2) is 0 Å². The smallest absolute Gasteiger partial charge is 0.00576 e. The minimum atomic E-state index is 0.847. The Bertz CT molecular complexity index is 376. The van der Waals surface area contributed by atoms with E-state index in [0.29, 0.717) is 0 Å². The van der Waals surface area contributed by atoms with E-state index in [0.717, 1.165) is 12.3 Å². The lowest BCUT2D eigenvalue weighted by molar-refractivity contribution is 0.612. The first-order valence-electron chi connectivity index (χ1n) is 7.48. The number of rotatable bonds is 0.